The molecule has 0 saturated carbocycles. The molecule has 1 atom stereocenters. The van der Waals surface area contributed by atoms with Crippen LogP contribution in [0, 0.1) is 0 Å². The summed E-state index contributed by atoms with van der Waals surface area (Å²) in [6, 6.07) is 9.10. The molecule has 1 aromatic carbocycles. The highest BCUT2D eigenvalue weighted by atomic mass is 15.2. The van der Waals surface area contributed by atoms with Gasteiger partial charge in [0, 0.05) is 25.7 Å². The molecule has 0 saturated heterocycles. The summed E-state index contributed by atoms with van der Waals surface area (Å²) in [7, 11) is 0. The van der Waals surface area contributed by atoms with Gasteiger partial charge in [0.25, 0.3) is 0 Å². The van der Waals surface area contributed by atoms with Crippen LogP contribution in [0.5, 0.6) is 0 Å². The van der Waals surface area contributed by atoms with Crippen LogP contribution in [0.1, 0.15) is 11.1 Å². The second-order valence-electron chi connectivity index (χ2n) is 4.08. The molecular formula is C13H18N2. The van der Waals surface area contributed by atoms with Crippen LogP contribution in [0.3, 0.4) is 0 Å². The summed E-state index contributed by atoms with van der Waals surface area (Å²) < 4.78 is 0. The van der Waals surface area contributed by atoms with Gasteiger partial charge in [-0.3, -0.25) is 4.90 Å². The lowest BCUT2D eigenvalue weighted by atomic mass is 9.94. The second kappa shape index (κ2) is 4.60. The Labute approximate surface area is 91.4 Å². The Kier molecular flexibility index (Phi) is 3.19. The molecule has 0 fully saturated rings. The van der Waals surface area contributed by atoms with Gasteiger partial charge in [-0.25, -0.2) is 0 Å². The molecule has 1 aliphatic heterocycles. The monoisotopic (exact) mass is 202 g/mol. The zero-order valence-electron chi connectivity index (χ0n) is 9.02. The van der Waals surface area contributed by atoms with Crippen molar-refractivity contribution < 1.29 is 0 Å². The Morgan fingerprint density at radius 1 is 1.40 bits per heavy atom. The lowest BCUT2D eigenvalue weighted by Gasteiger charge is -2.35. The predicted molar refractivity (Wildman–Crippen MR) is 63.6 cm³/mol. The van der Waals surface area contributed by atoms with Crippen LogP contribution in [0.25, 0.3) is 0 Å². The SMILES string of the molecule is C=CCN1Cc2ccccc2CC1CN. The Hall–Kier alpha value is -1.12. The maximum absolute atomic E-state index is 5.81. The van der Waals surface area contributed by atoms with E-state index in [1.165, 1.54) is 11.1 Å². The van der Waals surface area contributed by atoms with Crippen LogP contribution in [-0.4, -0.2) is 24.0 Å². The molecule has 2 heteroatoms. The minimum atomic E-state index is 0.470. The van der Waals surface area contributed by atoms with Crippen LogP contribution in [-0.2, 0) is 13.0 Å². The van der Waals surface area contributed by atoms with Gasteiger partial charge in [-0.15, -0.1) is 6.58 Å². The minimum absolute atomic E-state index is 0.470. The van der Waals surface area contributed by atoms with E-state index in [0.29, 0.717) is 6.04 Å². The van der Waals surface area contributed by atoms with Crippen LogP contribution in [0.2, 0.25) is 0 Å². The molecule has 80 valence electrons. The molecule has 0 radical (unpaired) electrons. The number of benzene rings is 1. The number of nitrogens with two attached hydrogens (primary N) is 1. The molecule has 1 aromatic rings. The van der Waals surface area contributed by atoms with E-state index in [1.807, 2.05) is 6.08 Å². The van der Waals surface area contributed by atoms with Gasteiger partial charge >= 0.3 is 0 Å². The first-order chi connectivity index (χ1) is 7.35. The molecule has 0 bridgehead atoms. The van der Waals surface area contributed by atoms with Crippen LogP contribution < -0.4 is 5.73 Å². The number of nitrogens with zero attached hydrogens (tertiary/aromatic N) is 1. The molecule has 2 N–H and O–H groups in total. The highest BCUT2D eigenvalue weighted by Crippen LogP contribution is 2.22. The summed E-state index contributed by atoms with van der Waals surface area (Å²) in [4.78, 5) is 2.40. The van der Waals surface area contributed by atoms with Gasteiger partial charge in [0.15, 0.2) is 0 Å². The molecule has 0 aliphatic carbocycles. The largest absolute Gasteiger partial charge is 0.329 e. The molecule has 0 amide bonds. The number of fused-ring (bicyclic) bond motifs is 1. The van der Waals surface area contributed by atoms with Crippen molar-refractivity contribution in [3.63, 3.8) is 0 Å². The van der Waals surface area contributed by atoms with Crippen molar-refractivity contribution in [1.82, 2.24) is 4.90 Å². The average molecular weight is 202 g/mol. The molecule has 1 heterocycles. The molecule has 2 nitrogen and oxygen atoms in total. The first kappa shape index (κ1) is 10.4. The Morgan fingerprint density at radius 3 is 2.80 bits per heavy atom. The lowest BCUT2D eigenvalue weighted by Crippen LogP contribution is -2.44. The molecule has 15 heavy (non-hydrogen) atoms. The zero-order valence-corrected chi connectivity index (χ0v) is 9.02. The van der Waals surface area contributed by atoms with E-state index in [0.717, 1.165) is 26.1 Å². The van der Waals surface area contributed by atoms with Crippen LogP contribution >= 0.6 is 0 Å². The van der Waals surface area contributed by atoms with E-state index in [1.54, 1.807) is 0 Å². The highest BCUT2D eigenvalue weighted by Gasteiger charge is 2.23. The molecule has 0 spiro atoms. The smallest absolute Gasteiger partial charge is 0.0265 e. The molecule has 2 rings (SSSR count). The fourth-order valence-corrected chi connectivity index (χ4v) is 2.25. The van der Waals surface area contributed by atoms with Gasteiger partial charge in [-0.05, 0) is 17.5 Å². The van der Waals surface area contributed by atoms with Gasteiger partial charge in [-0.2, -0.15) is 0 Å². The minimum Gasteiger partial charge on any atom is -0.329 e. The molecule has 1 unspecified atom stereocenters. The Morgan fingerprint density at radius 2 is 2.13 bits per heavy atom. The Bertz CT molecular complexity index is 346. The van der Waals surface area contributed by atoms with Crippen molar-refractivity contribution >= 4 is 0 Å². The predicted octanol–water partition coefficient (Wildman–Crippen LogP) is 1.56. The van der Waals surface area contributed by atoms with Crippen molar-refractivity contribution in [1.29, 1.82) is 0 Å². The topological polar surface area (TPSA) is 29.3 Å². The van der Waals surface area contributed by atoms with Crippen molar-refractivity contribution in [3.8, 4) is 0 Å². The standard InChI is InChI=1S/C13H18N2/c1-2-7-15-10-12-6-4-3-5-11(12)8-13(15)9-14/h2-6,13H,1,7-10,14H2. The number of hydrogen-bond donors (Lipinski definition) is 1. The lowest BCUT2D eigenvalue weighted by molar-refractivity contribution is 0.196. The van der Waals surface area contributed by atoms with Crippen molar-refractivity contribution in [2.75, 3.05) is 13.1 Å². The Balaban J connectivity index is 2.22. The third kappa shape index (κ3) is 2.11. The van der Waals surface area contributed by atoms with E-state index >= 15 is 0 Å². The maximum Gasteiger partial charge on any atom is 0.0265 e. The van der Waals surface area contributed by atoms with Gasteiger partial charge in [0.2, 0.25) is 0 Å². The summed E-state index contributed by atoms with van der Waals surface area (Å²) in [5, 5.41) is 0. The van der Waals surface area contributed by atoms with E-state index in [4.69, 9.17) is 5.73 Å². The number of rotatable bonds is 3. The van der Waals surface area contributed by atoms with Gasteiger partial charge in [0.1, 0.15) is 0 Å². The van der Waals surface area contributed by atoms with Crippen LogP contribution in [0.15, 0.2) is 36.9 Å². The van der Waals surface area contributed by atoms with E-state index < -0.39 is 0 Å². The van der Waals surface area contributed by atoms with E-state index in [2.05, 4.69) is 35.7 Å². The molecular weight excluding hydrogens is 184 g/mol. The first-order valence-electron chi connectivity index (χ1n) is 5.47. The van der Waals surface area contributed by atoms with Crippen LogP contribution in [0.4, 0.5) is 0 Å². The normalized spacial score (nSPS) is 21.0. The second-order valence-corrected chi connectivity index (χ2v) is 4.08. The van der Waals surface area contributed by atoms with E-state index in [-0.39, 0.29) is 0 Å². The molecule has 0 aromatic heterocycles. The summed E-state index contributed by atoms with van der Waals surface area (Å²) in [6.45, 7) is 6.45. The van der Waals surface area contributed by atoms with Gasteiger partial charge in [0.05, 0.1) is 0 Å². The molecule has 1 aliphatic rings. The summed E-state index contributed by atoms with van der Waals surface area (Å²) in [5.74, 6) is 0. The fraction of sp³-hybridized carbons (Fsp3) is 0.385. The van der Waals surface area contributed by atoms with Gasteiger partial charge in [-0.1, -0.05) is 30.3 Å². The number of hydrogen-bond acceptors (Lipinski definition) is 2. The van der Waals surface area contributed by atoms with E-state index in [9.17, 15) is 0 Å². The third-order valence-corrected chi connectivity index (χ3v) is 3.10. The summed E-state index contributed by atoms with van der Waals surface area (Å²) in [5.41, 5.74) is 8.69. The summed E-state index contributed by atoms with van der Waals surface area (Å²) in [6.07, 6.45) is 3.02. The fourth-order valence-electron chi connectivity index (χ4n) is 2.25. The maximum atomic E-state index is 5.81. The van der Waals surface area contributed by atoms with Gasteiger partial charge < -0.3 is 5.73 Å². The highest BCUT2D eigenvalue weighted by molar-refractivity contribution is 5.30. The first-order valence-corrected chi connectivity index (χ1v) is 5.47. The zero-order chi connectivity index (χ0) is 10.7. The van der Waals surface area contributed by atoms with Crippen molar-refractivity contribution in [2.45, 2.75) is 19.0 Å². The average Bonchev–Trinajstić information content (AvgIpc) is 2.28. The van der Waals surface area contributed by atoms with Crippen molar-refractivity contribution in [3.05, 3.63) is 48.0 Å². The summed E-state index contributed by atoms with van der Waals surface area (Å²) >= 11 is 0. The quantitative estimate of drug-likeness (QED) is 0.754. The third-order valence-electron chi connectivity index (χ3n) is 3.10. The van der Waals surface area contributed by atoms with Crippen molar-refractivity contribution in [2.24, 2.45) is 5.73 Å².